The summed E-state index contributed by atoms with van der Waals surface area (Å²) in [5.41, 5.74) is 1.58. The van der Waals surface area contributed by atoms with Crippen LogP contribution in [0.3, 0.4) is 0 Å². The van der Waals surface area contributed by atoms with E-state index in [1.807, 2.05) is 0 Å². The molecule has 3 rings (SSSR count). The van der Waals surface area contributed by atoms with Crippen LogP contribution in [0.15, 0.2) is 38.3 Å². The zero-order chi connectivity index (χ0) is 17.0. The van der Waals surface area contributed by atoms with E-state index in [1.165, 1.54) is 18.4 Å². The first kappa shape index (κ1) is 17.0. The van der Waals surface area contributed by atoms with Crippen LogP contribution in [0.25, 0.3) is 0 Å². The van der Waals surface area contributed by atoms with Gasteiger partial charge in [-0.15, -0.1) is 0 Å². The molecule has 1 aliphatic rings. The largest absolute Gasteiger partial charge is 0.357 e. The van der Waals surface area contributed by atoms with Crippen LogP contribution in [-0.2, 0) is 12.0 Å². The number of nitrogens with zero attached hydrogens (tertiary/aromatic N) is 3. The predicted molar refractivity (Wildman–Crippen MR) is 96.9 cm³/mol. The summed E-state index contributed by atoms with van der Waals surface area (Å²) in [5, 5.41) is 10.6. The summed E-state index contributed by atoms with van der Waals surface area (Å²) in [4.78, 5) is 8.71. The molecular formula is C17H22BrN5O. The zero-order valence-corrected chi connectivity index (χ0v) is 15.6. The van der Waals surface area contributed by atoms with Gasteiger partial charge in [-0.2, -0.15) is 4.98 Å². The van der Waals surface area contributed by atoms with Gasteiger partial charge in [-0.3, -0.25) is 0 Å². The number of halogens is 1. The summed E-state index contributed by atoms with van der Waals surface area (Å²) in [5.74, 6) is 1.93. The molecule has 24 heavy (non-hydrogen) atoms. The van der Waals surface area contributed by atoms with Gasteiger partial charge in [0.2, 0.25) is 5.89 Å². The first-order valence-corrected chi connectivity index (χ1v) is 8.98. The summed E-state index contributed by atoms with van der Waals surface area (Å²) >= 11 is 3.56. The second-order valence-corrected chi connectivity index (χ2v) is 6.98. The third-order valence-corrected chi connectivity index (χ3v) is 4.67. The first-order valence-electron chi connectivity index (χ1n) is 8.19. The summed E-state index contributed by atoms with van der Waals surface area (Å²) in [6, 6.07) is 8.56. The number of aryl methyl sites for hydroxylation is 1. The van der Waals surface area contributed by atoms with Crippen molar-refractivity contribution in [2.45, 2.75) is 38.6 Å². The Balaban J connectivity index is 1.63. The second-order valence-electron chi connectivity index (χ2n) is 6.07. The first-order chi connectivity index (χ1) is 11.6. The lowest BCUT2D eigenvalue weighted by molar-refractivity contribution is 0.387. The van der Waals surface area contributed by atoms with Gasteiger partial charge in [-0.25, -0.2) is 4.99 Å². The van der Waals surface area contributed by atoms with Gasteiger partial charge in [0.1, 0.15) is 6.54 Å². The molecule has 1 aromatic heterocycles. The molecule has 128 valence electrons. The smallest absolute Gasteiger partial charge is 0.223 e. The Bertz CT molecular complexity index is 723. The second kappa shape index (κ2) is 7.34. The molecule has 0 radical (unpaired) electrons. The highest BCUT2D eigenvalue weighted by molar-refractivity contribution is 9.10. The molecule has 1 heterocycles. The van der Waals surface area contributed by atoms with Crippen molar-refractivity contribution in [2.24, 2.45) is 4.99 Å². The van der Waals surface area contributed by atoms with Crippen molar-refractivity contribution in [3.63, 3.8) is 0 Å². The minimum Gasteiger partial charge on any atom is -0.357 e. The fraction of sp³-hybridized carbons (Fsp3) is 0.471. The Hall–Kier alpha value is -1.89. The van der Waals surface area contributed by atoms with E-state index in [-0.39, 0.29) is 5.41 Å². The topological polar surface area (TPSA) is 75.3 Å². The number of hydrogen-bond acceptors (Lipinski definition) is 4. The van der Waals surface area contributed by atoms with Crippen LogP contribution in [0.2, 0.25) is 0 Å². The molecule has 0 saturated heterocycles. The van der Waals surface area contributed by atoms with Crippen molar-refractivity contribution < 1.29 is 4.52 Å². The number of aliphatic imine (C=N–C) groups is 1. The van der Waals surface area contributed by atoms with Gasteiger partial charge < -0.3 is 15.2 Å². The van der Waals surface area contributed by atoms with Crippen molar-refractivity contribution in [1.82, 2.24) is 20.8 Å². The van der Waals surface area contributed by atoms with Gasteiger partial charge in [0, 0.05) is 29.9 Å². The Morgan fingerprint density at radius 2 is 2.21 bits per heavy atom. The molecule has 6 nitrogen and oxygen atoms in total. The number of hydrogen-bond donors (Lipinski definition) is 2. The Labute approximate surface area is 150 Å². The van der Waals surface area contributed by atoms with E-state index in [4.69, 9.17) is 4.52 Å². The van der Waals surface area contributed by atoms with E-state index in [1.54, 1.807) is 6.92 Å². The maximum atomic E-state index is 4.97. The van der Waals surface area contributed by atoms with Gasteiger partial charge in [-0.05, 0) is 37.5 Å². The van der Waals surface area contributed by atoms with Gasteiger partial charge in [-0.1, -0.05) is 33.2 Å². The molecule has 1 fully saturated rings. The average molecular weight is 392 g/mol. The average Bonchev–Trinajstić information content (AvgIpc) is 3.25. The summed E-state index contributed by atoms with van der Waals surface area (Å²) in [6.45, 7) is 5.90. The molecule has 0 amide bonds. The van der Waals surface area contributed by atoms with Crippen molar-refractivity contribution in [3.05, 3.63) is 46.0 Å². The molecule has 0 aliphatic heterocycles. The van der Waals surface area contributed by atoms with Crippen LogP contribution in [0.5, 0.6) is 0 Å². The lowest BCUT2D eigenvalue weighted by atomic mass is 9.96. The van der Waals surface area contributed by atoms with Crippen LogP contribution in [0, 0.1) is 6.92 Å². The van der Waals surface area contributed by atoms with Crippen LogP contribution in [-0.4, -0.2) is 29.2 Å². The fourth-order valence-corrected chi connectivity index (χ4v) is 3.09. The number of benzene rings is 1. The van der Waals surface area contributed by atoms with Crippen LogP contribution in [0.4, 0.5) is 0 Å². The predicted octanol–water partition coefficient (Wildman–Crippen LogP) is 2.93. The quantitative estimate of drug-likeness (QED) is 0.584. The van der Waals surface area contributed by atoms with E-state index in [2.05, 4.69) is 72.9 Å². The molecule has 2 aromatic rings. The Morgan fingerprint density at radius 3 is 2.83 bits per heavy atom. The van der Waals surface area contributed by atoms with E-state index in [0.29, 0.717) is 18.3 Å². The highest BCUT2D eigenvalue weighted by atomic mass is 79.9. The lowest BCUT2D eigenvalue weighted by Gasteiger charge is -2.19. The van der Waals surface area contributed by atoms with E-state index >= 15 is 0 Å². The number of rotatable bonds is 6. The highest BCUT2D eigenvalue weighted by Crippen LogP contribution is 2.48. The van der Waals surface area contributed by atoms with Crippen molar-refractivity contribution in [2.75, 3.05) is 13.1 Å². The van der Waals surface area contributed by atoms with Crippen molar-refractivity contribution in [1.29, 1.82) is 0 Å². The van der Waals surface area contributed by atoms with Gasteiger partial charge in [0.15, 0.2) is 11.8 Å². The summed E-state index contributed by atoms with van der Waals surface area (Å²) < 4.78 is 6.10. The molecule has 0 spiro atoms. The molecule has 2 N–H and O–H groups in total. The molecular weight excluding hydrogens is 370 g/mol. The number of aromatic nitrogens is 2. The van der Waals surface area contributed by atoms with E-state index in [0.717, 1.165) is 23.5 Å². The monoisotopic (exact) mass is 391 g/mol. The lowest BCUT2D eigenvalue weighted by Crippen LogP contribution is -2.41. The number of nitrogens with one attached hydrogen (secondary N) is 2. The van der Waals surface area contributed by atoms with Crippen LogP contribution < -0.4 is 10.6 Å². The standard InChI is InChI=1S/C17H22BrN5O/c1-3-19-16(20-10-15-22-12(2)24-23-15)21-11-17(7-8-17)13-5-4-6-14(18)9-13/h4-6,9H,3,7-8,10-11H2,1-2H3,(H2,19,20,21). The molecule has 0 atom stereocenters. The third-order valence-electron chi connectivity index (χ3n) is 4.18. The molecule has 1 saturated carbocycles. The highest BCUT2D eigenvalue weighted by Gasteiger charge is 2.44. The van der Waals surface area contributed by atoms with Crippen LogP contribution >= 0.6 is 15.9 Å². The maximum absolute atomic E-state index is 4.97. The molecule has 1 aliphatic carbocycles. The summed E-state index contributed by atoms with van der Waals surface area (Å²) in [7, 11) is 0. The number of guanidine groups is 1. The van der Waals surface area contributed by atoms with Gasteiger partial charge in [0.25, 0.3) is 0 Å². The molecule has 0 unspecified atom stereocenters. The van der Waals surface area contributed by atoms with E-state index < -0.39 is 0 Å². The van der Waals surface area contributed by atoms with Crippen molar-refractivity contribution >= 4 is 21.9 Å². The third kappa shape index (κ3) is 4.14. The van der Waals surface area contributed by atoms with Crippen molar-refractivity contribution in [3.8, 4) is 0 Å². The molecule has 7 heteroatoms. The molecule has 1 aromatic carbocycles. The Morgan fingerprint density at radius 1 is 1.38 bits per heavy atom. The normalized spacial score (nSPS) is 16.0. The fourth-order valence-electron chi connectivity index (χ4n) is 2.69. The zero-order valence-electron chi connectivity index (χ0n) is 14.0. The van der Waals surface area contributed by atoms with Gasteiger partial charge >= 0.3 is 0 Å². The SMILES string of the molecule is CCNC(=NCc1noc(C)n1)NCC1(c2cccc(Br)c2)CC1. The Kier molecular flexibility index (Phi) is 5.18. The van der Waals surface area contributed by atoms with Gasteiger partial charge in [0.05, 0.1) is 0 Å². The minimum absolute atomic E-state index is 0.211. The molecule has 0 bridgehead atoms. The van der Waals surface area contributed by atoms with Crippen LogP contribution in [0.1, 0.15) is 37.0 Å². The van der Waals surface area contributed by atoms with E-state index in [9.17, 15) is 0 Å². The summed E-state index contributed by atoms with van der Waals surface area (Å²) in [6.07, 6.45) is 2.39. The maximum Gasteiger partial charge on any atom is 0.223 e. The minimum atomic E-state index is 0.211.